The van der Waals surface area contributed by atoms with Gasteiger partial charge in [-0.15, -0.1) is 0 Å². The molecule has 2 aromatic heterocycles. The first-order valence-electron chi connectivity index (χ1n) is 6.26. The molecule has 0 aliphatic carbocycles. The van der Waals surface area contributed by atoms with Crippen molar-refractivity contribution in [2.75, 3.05) is 5.32 Å². The van der Waals surface area contributed by atoms with Gasteiger partial charge in [0.1, 0.15) is 0 Å². The molecule has 0 aliphatic rings. The zero-order valence-corrected chi connectivity index (χ0v) is 13.5. The van der Waals surface area contributed by atoms with E-state index in [1.165, 1.54) is 0 Å². The molecule has 0 unspecified atom stereocenters. The second-order valence-electron chi connectivity index (χ2n) is 4.25. The second-order valence-corrected chi connectivity index (χ2v) is 4.99. The fraction of sp³-hybridized carbons (Fsp3) is 0. The molecule has 22 heavy (non-hydrogen) atoms. The van der Waals surface area contributed by atoms with Crippen LogP contribution in [0.15, 0.2) is 60.9 Å². The molecule has 0 radical (unpaired) electrons. The van der Waals surface area contributed by atoms with Crippen molar-refractivity contribution in [2.45, 2.75) is 0 Å². The van der Waals surface area contributed by atoms with Crippen molar-refractivity contribution < 1.29 is 17.0 Å². The van der Waals surface area contributed by atoms with Crippen LogP contribution >= 0.6 is 23.2 Å². The molecule has 3 rings (SSSR count). The summed E-state index contributed by atoms with van der Waals surface area (Å²) in [6.45, 7) is 0. The van der Waals surface area contributed by atoms with Crippen molar-refractivity contribution in [2.24, 2.45) is 0 Å². The molecular weight excluding hydrogens is 343 g/mol. The van der Waals surface area contributed by atoms with E-state index in [0.29, 0.717) is 16.8 Å². The minimum absolute atomic E-state index is 0. The Labute approximate surface area is 144 Å². The van der Waals surface area contributed by atoms with Crippen LogP contribution in [0.5, 0.6) is 0 Å². The highest BCUT2D eigenvalue weighted by molar-refractivity contribution is 6.42. The highest BCUT2D eigenvalue weighted by atomic mass is 35.5. The fourth-order valence-electron chi connectivity index (χ4n) is 1.80. The van der Waals surface area contributed by atoms with Gasteiger partial charge in [0.15, 0.2) is 5.02 Å². The van der Waals surface area contributed by atoms with E-state index < -0.39 is 0 Å². The summed E-state index contributed by atoms with van der Waals surface area (Å²) in [5.41, 5.74) is 0.873. The number of nitrogens with one attached hydrogen (secondary N) is 1. The maximum absolute atomic E-state index is 6.17. The van der Waals surface area contributed by atoms with Gasteiger partial charge in [-0.3, -0.25) is 0 Å². The van der Waals surface area contributed by atoms with Gasteiger partial charge in [0.2, 0.25) is 11.0 Å². The summed E-state index contributed by atoms with van der Waals surface area (Å²) in [5.74, 6) is 0.914. The number of benzene rings is 1. The van der Waals surface area contributed by atoms with Crippen LogP contribution in [-0.4, -0.2) is 9.97 Å². The monoisotopic (exact) mass is 352 g/mol. The summed E-state index contributed by atoms with van der Waals surface area (Å²) >= 11 is 12.3. The molecule has 0 atom stereocenters. The third-order valence-corrected chi connectivity index (χ3v) is 3.51. The van der Waals surface area contributed by atoms with E-state index in [2.05, 4.69) is 15.3 Å². The molecular formula is C15H11Cl3N4. The Morgan fingerprint density at radius 2 is 1.50 bits per heavy atom. The van der Waals surface area contributed by atoms with Crippen molar-refractivity contribution in [3.05, 3.63) is 71.1 Å². The van der Waals surface area contributed by atoms with Gasteiger partial charge in [-0.05, 0) is 40.9 Å². The Morgan fingerprint density at radius 1 is 0.864 bits per heavy atom. The van der Waals surface area contributed by atoms with Crippen molar-refractivity contribution in [3.63, 3.8) is 0 Å². The molecule has 0 amide bonds. The summed E-state index contributed by atoms with van der Waals surface area (Å²) in [7, 11) is 0. The van der Waals surface area contributed by atoms with Gasteiger partial charge < -0.3 is 17.7 Å². The molecule has 0 bridgehead atoms. The van der Waals surface area contributed by atoms with E-state index in [0.717, 1.165) is 5.69 Å². The lowest BCUT2D eigenvalue weighted by Crippen LogP contribution is -3.00. The molecule has 0 saturated heterocycles. The molecule has 4 nitrogen and oxygen atoms in total. The Morgan fingerprint density at radius 3 is 2.18 bits per heavy atom. The average molecular weight is 354 g/mol. The number of aromatic nitrogens is 3. The van der Waals surface area contributed by atoms with Crippen LogP contribution in [-0.2, 0) is 0 Å². The second kappa shape index (κ2) is 7.40. The van der Waals surface area contributed by atoms with Crippen LogP contribution in [0.1, 0.15) is 0 Å². The molecule has 0 aliphatic heterocycles. The van der Waals surface area contributed by atoms with Gasteiger partial charge in [-0.1, -0.05) is 40.9 Å². The van der Waals surface area contributed by atoms with Crippen molar-refractivity contribution in [1.82, 2.24) is 9.97 Å². The standard InChI is InChI=1S/C15H11Cl2N4.ClH/c16-12-13(17)19-15(21-9-5-2-6-10-21)20-14(12)18-11-7-3-1-4-8-11;/h1-10H,(H,18,19,20);1H/q+1;/p-1. The summed E-state index contributed by atoms with van der Waals surface area (Å²) in [6.07, 6.45) is 3.68. The number of pyridine rings is 1. The first-order valence-corrected chi connectivity index (χ1v) is 7.01. The minimum Gasteiger partial charge on any atom is -1.00 e. The molecule has 0 saturated carbocycles. The topological polar surface area (TPSA) is 41.7 Å². The zero-order valence-electron chi connectivity index (χ0n) is 11.2. The Hall–Kier alpha value is -1.88. The summed E-state index contributed by atoms with van der Waals surface area (Å²) in [6, 6.07) is 15.3. The van der Waals surface area contributed by atoms with Gasteiger partial charge >= 0.3 is 5.95 Å². The third kappa shape index (κ3) is 3.65. The van der Waals surface area contributed by atoms with Crippen molar-refractivity contribution in [3.8, 4) is 5.95 Å². The van der Waals surface area contributed by atoms with Crippen molar-refractivity contribution in [1.29, 1.82) is 0 Å². The highest BCUT2D eigenvalue weighted by Gasteiger charge is 2.20. The smallest absolute Gasteiger partial charge is 0.440 e. The predicted octanol–water partition coefficient (Wildman–Crippen LogP) is 0.808. The van der Waals surface area contributed by atoms with E-state index in [1.54, 1.807) is 4.57 Å². The molecule has 7 heteroatoms. The summed E-state index contributed by atoms with van der Waals surface area (Å²) in [4.78, 5) is 8.61. The predicted molar refractivity (Wildman–Crippen MR) is 83.3 cm³/mol. The first kappa shape index (κ1) is 16.5. The van der Waals surface area contributed by atoms with E-state index in [1.807, 2.05) is 60.9 Å². The Balaban J connectivity index is 0.00000176. The summed E-state index contributed by atoms with van der Waals surface area (Å²) in [5, 5.41) is 3.64. The highest BCUT2D eigenvalue weighted by Crippen LogP contribution is 2.29. The van der Waals surface area contributed by atoms with E-state index >= 15 is 0 Å². The van der Waals surface area contributed by atoms with Crippen LogP contribution in [0.3, 0.4) is 0 Å². The fourth-order valence-corrected chi connectivity index (χ4v) is 2.09. The Bertz CT molecular complexity index is 751. The number of halogens is 3. The summed E-state index contributed by atoms with van der Waals surface area (Å²) < 4.78 is 1.76. The molecule has 0 fully saturated rings. The molecule has 112 valence electrons. The molecule has 1 N–H and O–H groups in total. The molecule has 2 heterocycles. The number of para-hydroxylation sites is 1. The van der Waals surface area contributed by atoms with Crippen LogP contribution in [0.2, 0.25) is 10.2 Å². The lowest BCUT2D eigenvalue weighted by Gasteiger charge is -2.05. The zero-order chi connectivity index (χ0) is 14.7. The van der Waals surface area contributed by atoms with Crippen LogP contribution < -0.4 is 22.3 Å². The SMILES string of the molecule is Clc1nc(-[n+]2ccccc2)nc(Nc2ccccc2)c1Cl.[Cl-]. The third-order valence-electron chi connectivity index (χ3n) is 2.78. The van der Waals surface area contributed by atoms with Gasteiger partial charge in [-0.25, -0.2) is 4.57 Å². The number of hydrogen-bond donors (Lipinski definition) is 1. The first-order chi connectivity index (χ1) is 10.2. The van der Waals surface area contributed by atoms with Gasteiger partial charge in [0, 0.05) is 5.69 Å². The quantitative estimate of drug-likeness (QED) is 0.560. The molecule has 0 spiro atoms. The van der Waals surface area contributed by atoms with Gasteiger partial charge in [-0.2, -0.15) is 0 Å². The largest absolute Gasteiger partial charge is 1.00 e. The van der Waals surface area contributed by atoms with Crippen molar-refractivity contribution >= 4 is 34.7 Å². The minimum atomic E-state index is 0. The van der Waals surface area contributed by atoms with Crippen LogP contribution in [0.4, 0.5) is 11.5 Å². The van der Waals surface area contributed by atoms with Gasteiger partial charge in [0.25, 0.3) is 0 Å². The molecule has 3 aromatic rings. The maximum atomic E-state index is 6.17. The van der Waals surface area contributed by atoms with Crippen LogP contribution in [0, 0.1) is 0 Å². The lowest BCUT2D eigenvalue weighted by atomic mass is 10.3. The number of nitrogens with zero attached hydrogens (tertiary/aromatic N) is 3. The van der Waals surface area contributed by atoms with Crippen LogP contribution in [0.25, 0.3) is 5.95 Å². The van der Waals surface area contributed by atoms with Gasteiger partial charge in [0.05, 0.1) is 12.4 Å². The van der Waals surface area contributed by atoms with E-state index in [4.69, 9.17) is 23.2 Å². The number of anilines is 2. The van der Waals surface area contributed by atoms with E-state index in [9.17, 15) is 0 Å². The van der Waals surface area contributed by atoms with E-state index in [-0.39, 0.29) is 17.6 Å². The molecule has 1 aromatic carbocycles. The average Bonchev–Trinajstić information content (AvgIpc) is 2.53. The number of hydrogen-bond acceptors (Lipinski definition) is 3. The number of rotatable bonds is 3. The Kier molecular flexibility index (Phi) is 5.55. The maximum Gasteiger partial charge on any atom is 0.440 e. The lowest BCUT2D eigenvalue weighted by molar-refractivity contribution is -0.603. The normalized spacial score (nSPS) is 9.91.